The molecule has 0 saturated carbocycles. The SMILES string of the molecule is O=[N+]([O-])c1cc(-c2nc(-c3ccco3)no2)ccc1NCC1CCCO1. The van der Waals surface area contributed by atoms with Crippen molar-refractivity contribution < 1.29 is 18.6 Å². The van der Waals surface area contributed by atoms with Gasteiger partial charge in [-0.3, -0.25) is 10.1 Å². The molecule has 1 fully saturated rings. The lowest BCUT2D eigenvalue weighted by molar-refractivity contribution is -0.383. The van der Waals surface area contributed by atoms with Crippen molar-refractivity contribution in [3.05, 3.63) is 46.7 Å². The Morgan fingerprint density at radius 1 is 1.35 bits per heavy atom. The number of rotatable bonds is 6. The van der Waals surface area contributed by atoms with Crippen molar-refractivity contribution in [1.82, 2.24) is 10.1 Å². The standard InChI is InChI=1S/C17H16N4O5/c22-21(23)14-9-11(5-6-13(14)18-10-12-3-1-7-24-12)17-19-16(20-26-17)15-4-2-8-25-15/h2,4-6,8-9,12,18H,1,3,7,10H2. The van der Waals surface area contributed by atoms with Crippen molar-refractivity contribution in [2.24, 2.45) is 0 Å². The van der Waals surface area contributed by atoms with Crippen LogP contribution in [-0.2, 0) is 4.74 Å². The zero-order valence-corrected chi connectivity index (χ0v) is 13.8. The molecule has 9 nitrogen and oxygen atoms in total. The first-order valence-electron chi connectivity index (χ1n) is 8.22. The highest BCUT2D eigenvalue weighted by atomic mass is 16.6. The van der Waals surface area contributed by atoms with Gasteiger partial charge in [0.15, 0.2) is 5.76 Å². The Labute approximate surface area is 148 Å². The molecule has 1 aliphatic rings. The highest BCUT2D eigenvalue weighted by Gasteiger charge is 2.21. The molecule has 9 heteroatoms. The second-order valence-electron chi connectivity index (χ2n) is 5.91. The van der Waals surface area contributed by atoms with Gasteiger partial charge in [0.2, 0.25) is 5.82 Å². The maximum atomic E-state index is 11.4. The molecule has 0 radical (unpaired) electrons. The highest BCUT2D eigenvalue weighted by molar-refractivity contribution is 5.70. The zero-order valence-electron chi connectivity index (χ0n) is 13.8. The van der Waals surface area contributed by atoms with Crippen LogP contribution in [0.3, 0.4) is 0 Å². The van der Waals surface area contributed by atoms with Crippen molar-refractivity contribution in [1.29, 1.82) is 0 Å². The summed E-state index contributed by atoms with van der Waals surface area (Å²) in [4.78, 5) is 15.2. The van der Waals surface area contributed by atoms with Gasteiger partial charge in [-0.25, -0.2) is 0 Å². The third-order valence-corrected chi connectivity index (χ3v) is 4.15. The Morgan fingerprint density at radius 3 is 3.00 bits per heavy atom. The number of hydrogen-bond donors (Lipinski definition) is 1. The van der Waals surface area contributed by atoms with E-state index in [0.29, 0.717) is 23.6 Å². The van der Waals surface area contributed by atoms with Crippen LogP contribution in [0.25, 0.3) is 23.0 Å². The average molecular weight is 356 g/mol. The molecule has 134 valence electrons. The average Bonchev–Trinajstić information content (AvgIpc) is 3.41. The summed E-state index contributed by atoms with van der Waals surface area (Å²) in [6.45, 7) is 1.27. The fourth-order valence-corrected chi connectivity index (χ4v) is 2.84. The maximum absolute atomic E-state index is 11.4. The number of nitrogens with one attached hydrogen (secondary N) is 1. The Hall–Kier alpha value is -3.20. The van der Waals surface area contributed by atoms with E-state index < -0.39 is 4.92 Å². The van der Waals surface area contributed by atoms with E-state index >= 15 is 0 Å². The van der Waals surface area contributed by atoms with Gasteiger partial charge in [0.25, 0.3) is 11.6 Å². The van der Waals surface area contributed by atoms with E-state index in [1.807, 2.05) is 0 Å². The Morgan fingerprint density at radius 2 is 2.27 bits per heavy atom. The molecule has 2 aromatic heterocycles. The lowest BCUT2D eigenvalue weighted by Gasteiger charge is -2.12. The molecule has 1 aliphatic heterocycles. The maximum Gasteiger partial charge on any atom is 0.293 e. The highest BCUT2D eigenvalue weighted by Crippen LogP contribution is 2.31. The lowest BCUT2D eigenvalue weighted by Crippen LogP contribution is -2.18. The summed E-state index contributed by atoms with van der Waals surface area (Å²) in [6.07, 6.45) is 3.56. The van der Waals surface area contributed by atoms with Crippen molar-refractivity contribution in [3.63, 3.8) is 0 Å². The first-order chi connectivity index (χ1) is 12.7. The topological polar surface area (TPSA) is 116 Å². The molecule has 1 aromatic carbocycles. The van der Waals surface area contributed by atoms with Gasteiger partial charge in [0, 0.05) is 24.8 Å². The molecule has 0 bridgehead atoms. The molecule has 1 unspecified atom stereocenters. The van der Waals surface area contributed by atoms with Gasteiger partial charge in [0.05, 0.1) is 17.3 Å². The fraction of sp³-hybridized carbons (Fsp3) is 0.294. The number of furan rings is 1. The van der Waals surface area contributed by atoms with Crippen molar-refractivity contribution in [2.45, 2.75) is 18.9 Å². The monoisotopic (exact) mass is 356 g/mol. The van der Waals surface area contributed by atoms with Crippen LogP contribution in [0.15, 0.2) is 45.5 Å². The number of nitro groups is 1. The minimum absolute atomic E-state index is 0.0572. The normalized spacial score (nSPS) is 16.7. The number of aromatic nitrogens is 2. The van der Waals surface area contributed by atoms with Crippen molar-refractivity contribution >= 4 is 11.4 Å². The van der Waals surface area contributed by atoms with Crippen LogP contribution >= 0.6 is 0 Å². The van der Waals surface area contributed by atoms with E-state index in [1.54, 1.807) is 24.3 Å². The number of anilines is 1. The van der Waals surface area contributed by atoms with Crippen LogP contribution in [-0.4, -0.2) is 34.3 Å². The predicted octanol–water partition coefficient (Wildman–Crippen LogP) is 3.50. The summed E-state index contributed by atoms with van der Waals surface area (Å²) in [7, 11) is 0. The summed E-state index contributed by atoms with van der Waals surface area (Å²) in [5.41, 5.74) is 0.836. The van der Waals surface area contributed by atoms with Gasteiger partial charge >= 0.3 is 0 Å². The Kier molecular flexibility index (Phi) is 4.36. The van der Waals surface area contributed by atoms with E-state index in [-0.39, 0.29) is 23.5 Å². The summed E-state index contributed by atoms with van der Waals surface area (Å²) >= 11 is 0. The Bertz CT molecular complexity index is 900. The minimum atomic E-state index is -0.439. The van der Waals surface area contributed by atoms with E-state index in [4.69, 9.17) is 13.7 Å². The van der Waals surface area contributed by atoms with Crippen LogP contribution in [0.4, 0.5) is 11.4 Å². The fourth-order valence-electron chi connectivity index (χ4n) is 2.84. The summed E-state index contributed by atoms with van der Waals surface area (Å²) in [5.74, 6) is 0.933. The lowest BCUT2D eigenvalue weighted by atomic mass is 10.1. The number of benzene rings is 1. The van der Waals surface area contributed by atoms with Crippen LogP contribution in [0, 0.1) is 10.1 Å². The van der Waals surface area contributed by atoms with Crippen LogP contribution in [0.5, 0.6) is 0 Å². The summed E-state index contributed by atoms with van der Waals surface area (Å²) < 4.78 is 16.0. The Balaban J connectivity index is 1.57. The quantitative estimate of drug-likeness (QED) is 0.527. The molecule has 0 spiro atoms. The van der Waals surface area contributed by atoms with Crippen LogP contribution in [0.2, 0.25) is 0 Å². The summed E-state index contributed by atoms with van der Waals surface area (Å²) in [5, 5.41) is 18.4. The van der Waals surface area contributed by atoms with E-state index in [9.17, 15) is 10.1 Å². The van der Waals surface area contributed by atoms with Crippen molar-refractivity contribution in [2.75, 3.05) is 18.5 Å². The second-order valence-corrected chi connectivity index (χ2v) is 5.91. The first kappa shape index (κ1) is 16.3. The molecule has 1 atom stereocenters. The van der Waals surface area contributed by atoms with Gasteiger partial charge in [-0.15, -0.1) is 0 Å². The largest absolute Gasteiger partial charge is 0.461 e. The molecule has 0 aliphatic carbocycles. The molecular formula is C17H16N4O5. The van der Waals surface area contributed by atoms with Crippen molar-refractivity contribution in [3.8, 4) is 23.0 Å². The molecule has 26 heavy (non-hydrogen) atoms. The van der Waals surface area contributed by atoms with Gasteiger partial charge < -0.3 is 19.0 Å². The molecule has 1 N–H and O–H groups in total. The number of nitro benzene ring substituents is 1. The molecule has 4 rings (SSSR count). The minimum Gasteiger partial charge on any atom is -0.461 e. The van der Waals surface area contributed by atoms with Gasteiger partial charge in [-0.1, -0.05) is 5.16 Å². The zero-order chi connectivity index (χ0) is 17.9. The smallest absolute Gasteiger partial charge is 0.293 e. The number of ether oxygens (including phenoxy) is 1. The molecule has 1 saturated heterocycles. The second kappa shape index (κ2) is 6.96. The third kappa shape index (κ3) is 3.29. The van der Waals surface area contributed by atoms with E-state index in [2.05, 4.69) is 15.5 Å². The summed E-state index contributed by atoms with van der Waals surface area (Å²) in [6, 6.07) is 8.17. The van der Waals surface area contributed by atoms with Gasteiger partial charge in [0.1, 0.15) is 5.69 Å². The molecule has 3 aromatic rings. The van der Waals surface area contributed by atoms with Crippen LogP contribution < -0.4 is 5.32 Å². The van der Waals surface area contributed by atoms with E-state index in [1.165, 1.54) is 12.3 Å². The predicted molar refractivity (Wildman–Crippen MR) is 91.6 cm³/mol. The number of nitrogens with zero attached hydrogens (tertiary/aromatic N) is 3. The molecular weight excluding hydrogens is 340 g/mol. The van der Waals surface area contributed by atoms with Crippen LogP contribution in [0.1, 0.15) is 12.8 Å². The molecule has 0 amide bonds. The van der Waals surface area contributed by atoms with Gasteiger partial charge in [-0.05, 0) is 37.1 Å². The van der Waals surface area contributed by atoms with Gasteiger partial charge in [-0.2, -0.15) is 4.98 Å². The first-order valence-corrected chi connectivity index (χ1v) is 8.22. The van der Waals surface area contributed by atoms with E-state index in [0.717, 1.165) is 19.4 Å². The number of hydrogen-bond acceptors (Lipinski definition) is 8. The molecule has 3 heterocycles. The third-order valence-electron chi connectivity index (χ3n) is 4.15.